The molecule has 0 radical (unpaired) electrons. The summed E-state index contributed by atoms with van der Waals surface area (Å²) in [5.74, 6) is 2.88. The van der Waals surface area contributed by atoms with E-state index in [1.54, 1.807) is 37.3 Å². The molecule has 0 saturated carbocycles. The molecular weight excluding hydrogens is 396 g/mol. The molecule has 1 atom stereocenters. The molecule has 160 valence electrons. The topological polar surface area (TPSA) is 104 Å². The molecule has 3 aromatic heterocycles. The molecule has 4 aromatic rings. The van der Waals surface area contributed by atoms with Crippen LogP contribution in [0.4, 0.5) is 5.95 Å². The standard InChI is InChI=1S/C22H24N6O3/c1-13-7-14-8-18(29-2)19(30-3)9-15(14)11-27(13)12-16-10-24-22(23)28-21(16)25-20(26-28)17-5-4-6-31-17/h4-6,8-10,13H,7,11-12H2,1-3H3,(H2,23,24). The lowest BCUT2D eigenvalue weighted by Gasteiger charge is -2.35. The first-order chi connectivity index (χ1) is 15.1. The minimum absolute atomic E-state index is 0.290. The third kappa shape index (κ3) is 3.36. The van der Waals surface area contributed by atoms with Gasteiger partial charge in [0.1, 0.15) is 0 Å². The van der Waals surface area contributed by atoms with Crippen LogP contribution in [0.15, 0.2) is 41.1 Å². The van der Waals surface area contributed by atoms with Crippen molar-refractivity contribution in [3.63, 3.8) is 0 Å². The molecule has 4 heterocycles. The van der Waals surface area contributed by atoms with Crippen molar-refractivity contribution in [2.45, 2.75) is 32.5 Å². The van der Waals surface area contributed by atoms with Crippen LogP contribution in [0.25, 0.3) is 17.2 Å². The van der Waals surface area contributed by atoms with E-state index in [2.05, 4.69) is 39.0 Å². The molecule has 1 aliphatic heterocycles. The zero-order chi connectivity index (χ0) is 21.5. The van der Waals surface area contributed by atoms with E-state index in [4.69, 9.17) is 19.6 Å². The van der Waals surface area contributed by atoms with Gasteiger partial charge in [0.05, 0.1) is 20.5 Å². The highest BCUT2D eigenvalue weighted by Gasteiger charge is 2.26. The zero-order valence-corrected chi connectivity index (χ0v) is 17.7. The number of methoxy groups -OCH3 is 2. The van der Waals surface area contributed by atoms with E-state index in [9.17, 15) is 0 Å². The Bertz CT molecular complexity index is 1230. The second-order valence-corrected chi connectivity index (χ2v) is 7.72. The molecule has 9 heteroatoms. The Balaban J connectivity index is 1.48. The first-order valence-electron chi connectivity index (χ1n) is 10.1. The summed E-state index contributed by atoms with van der Waals surface area (Å²) in [5, 5.41) is 4.48. The average Bonchev–Trinajstić information content (AvgIpc) is 3.45. The third-order valence-electron chi connectivity index (χ3n) is 5.80. The van der Waals surface area contributed by atoms with Gasteiger partial charge in [0, 0.05) is 30.9 Å². The molecule has 0 fully saturated rings. The highest BCUT2D eigenvalue weighted by Crippen LogP contribution is 2.35. The summed E-state index contributed by atoms with van der Waals surface area (Å²) >= 11 is 0. The monoisotopic (exact) mass is 420 g/mol. The fourth-order valence-corrected chi connectivity index (χ4v) is 4.11. The fraction of sp³-hybridized carbons (Fsp3) is 0.318. The molecule has 9 nitrogen and oxygen atoms in total. The van der Waals surface area contributed by atoms with E-state index >= 15 is 0 Å². The van der Waals surface area contributed by atoms with Crippen molar-refractivity contribution in [3.8, 4) is 23.1 Å². The molecule has 31 heavy (non-hydrogen) atoms. The SMILES string of the molecule is COc1cc2c(cc1OC)CN(Cc1cnc(N)n3nc(-c4ccco4)nc13)C(C)C2. The van der Waals surface area contributed by atoms with Crippen LogP contribution < -0.4 is 15.2 Å². The number of benzene rings is 1. The van der Waals surface area contributed by atoms with Gasteiger partial charge in [-0.2, -0.15) is 4.52 Å². The van der Waals surface area contributed by atoms with E-state index in [0.717, 1.165) is 30.0 Å². The van der Waals surface area contributed by atoms with Gasteiger partial charge in [-0.3, -0.25) is 4.90 Å². The van der Waals surface area contributed by atoms with Crippen LogP contribution in [-0.4, -0.2) is 44.7 Å². The highest BCUT2D eigenvalue weighted by atomic mass is 16.5. The van der Waals surface area contributed by atoms with Crippen LogP contribution in [0.2, 0.25) is 0 Å². The van der Waals surface area contributed by atoms with Gasteiger partial charge in [0.15, 0.2) is 22.9 Å². The van der Waals surface area contributed by atoms with E-state index in [1.807, 2.05) is 6.07 Å². The number of ether oxygens (including phenoxy) is 2. The Labute approximate surface area is 179 Å². The van der Waals surface area contributed by atoms with Crippen molar-refractivity contribution in [3.05, 3.63) is 53.4 Å². The van der Waals surface area contributed by atoms with Crippen LogP contribution in [-0.2, 0) is 19.5 Å². The second kappa shape index (κ2) is 7.59. The number of hydrogen-bond donors (Lipinski definition) is 1. The number of rotatable bonds is 5. The number of nitrogens with two attached hydrogens (primary N) is 1. The Hall–Kier alpha value is -3.59. The predicted octanol–water partition coefficient (Wildman–Crippen LogP) is 2.93. The summed E-state index contributed by atoms with van der Waals surface area (Å²) in [4.78, 5) is 11.4. The number of anilines is 1. The van der Waals surface area contributed by atoms with Gasteiger partial charge in [0.2, 0.25) is 11.8 Å². The molecular formula is C22H24N6O3. The zero-order valence-electron chi connectivity index (χ0n) is 17.7. The maximum atomic E-state index is 6.05. The van der Waals surface area contributed by atoms with Gasteiger partial charge in [-0.25, -0.2) is 9.97 Å². The molecule has 5 rings (SSSR count). The quantitative estimate of drug-likeness (QED) is 0.526. The van der Waals surface area contributed by atoms with Crippen LogP contribution in [0.1, 0.15) is 23.6 Å². The van der Waals surface area contributed by atoms with Gasteiger partial charge >= 0.3 is 0 Å². The molecule has 0 amide bonds. The highest BCUT2D eigenvalue weighted by molar-refractivity contribution is 5.57. The first kappa shape index (κ1) is 19.4. The lowest BCUT2D eigenvalue weighted by molar-refractivity contribution is 0.175. The maximum absolute atomic E-state index is 6.05. The van der Waals surface area contributed by atoms with E-state index < -0.39 is 0 Å². The summed E-state index contributed by atoms with van der Waals surface area (Å²) in [5.41, 5.74) is 10.2. The number of nitrogen functional groups attached to an aromatic ring is 1. The van der Waals surface area contributed by atoms with Gasteiger partial charge in [0.25, 0.3) is 0 Å². The van der Waals surface area contributed by atoms with Gasteiger partial charge in [-0.05, 0) is 48.7 Å². The number of hydrogen-bond acceptors (Lipinski definition) is 8. The van der Waals surface area contributed by atoms with Crippen molar-refractivity contribution < 1.29 is 13.9 Å². The minimum Gasteiger partial charge on any atom is -0.493 e. The van der Waals surface area contributed by atoms with Gasteiger partial charge < -0.3 is 19.6 Å². The molecule has 0 spiro atoms. The summed E-state index contributed by atoms with van der Waals surface area (Å²) in [6.45, 7) is 3.67. The van der Waals surface area contributed by atoms with Crippen molar-refractivity contribution >= 4 is 11.6 Å². The smallest absolute Gasteiger partial charge is 0.223 e. The van der Waals surface area contributed by atoms with Crippen LogP contribution >= 0.6 is 0 Å². The largest absolute Gasteiger partial charge is 0.493 e. The Kier molecular flexibility index (Phi) is 4.74. The molecule has 1 aliphatic rings. The molecule has 0 bridgehead atoms. The lowest BCUT2D eigenvalue weighted by Crippen LogP contribution is -2.38. The summed E-state index contributed by atoms with van der Waals surface area (Å²) in [7, 11) is 3.32. The summed E-state index contributed by atoms with van der Waals surface area (Å²) in [6.07, 6.45) is 4.29. The lowest BCUT2D eigenvalue weighted by atomic mass is 9.93. The minimum atomic E-state index is 0.290. The van der Waals surface area contributed by atoms with Gasteiger partial charge in [-0.1, -0.05) is 0 Å². The molecule has 0 saturated heterocycles. The van der Waals surface area contributed by atoms with Crippen molar-refractivity contribution in [1.29, 1.82) is 0 Å². The molecule has 1 unspecified atom stereocenters. The van der Waals surface area contributed by atoms with Crippen LogP contribution in [0, 0.1) is 0 Å². The summed E-state index contributed by atoms with van der Waals surface area (Å²) in [6, 6.07) is 8.11. The number of aromatic nitrogens is 4. The second-order valence-electron chi connectivity index (χ2n) is 7.72. The van der Waals surface area contributed by atoms with E-state index in [-0.39, 0.29) is 5.95 Å². The van der Waals surface area contributed by atoms with Crippen molar-refractivity contribution in [2.24, 2.45) is 0 Å². The Morgan fingerprint density at radius 3 is 2.68 bits per heavy atom. The van der Waals surface area contributed by atoms with Crippen LogP contribution in [0.3, 0.4) is 0 Å². The fourth-order valence-electron chi connectivity index (χ4n) is 4.11. The first-order valence-corrected chi connectivity index (χ1v) is 10.1. The molecule has 0 aliphatic carbocycles. The van der Waals surface area contributed by atoms with Gasteiger partial charge in [-0.15, -0.1) is 5.10 Å². The average molecular weight is 420 g/mol. The van der Waals surface area contributed by atoms with E-state index in [1.165, 1.54) is 11.1 Å². The van der Waals surface area contributed by atoms with Crippen molar-refractivity contribution in [2.75, 3.05) is 20.0 Å². The van der Waals surface area contributed by atoms with Crippen LogP contribution in [0.5, 0.6) is 11.5 Å². The molecule has 2 N–H and O–H groups in total. The normalized spacial score (nSPS) is 16.4. The van der Waals surface area contributed by atoms with E-state index in [0.29, 0.717) is 29.8 Å². The Morgan fingerprint density at radius 1 is 1.19 bits per heavy atom. The Morgan fingerprint density at radius 2 is 1.97 bits per heavy atom. The molecule has 1 aromatic carbocycles. The number of furan rings is 1. The van der Waals surface area contributed by atoms with Crippen molar-refractivity contribution in [1.82, 2.24) is 24.5 Å². The predicted molar refractivity (Wildman–Crippen MR) is 115 cm³/mol. The maximum Gasteiger partial charge on any atom is 0.223 e. The number of fused-ring (bicyclic) bond motifs is 2. The summed E-state index contributed by atoms with van der Waals surface area (Å²) < 4.78 is 18.0. The number of nitrogens with zero attached hydrogens (tertiary/aromatic N) is 5. The third-order valence-corrected chi connectivity index (χ3v) is 5.80.